The fourth-order valence-electron chi connectivity index (χ4n) is 2.01. The highest BCUT2D eigenvalue weighted by atomic mass is 32.1. The summed E-state index contributed by atoms with van der Waals surface area (Å²) in [5.74, 6) is -1.84. The monoisotopic (exact) mass is 325 g/mol. The normalized spacial score (nSPS) is 13.5. The van der Waals surface area contributed by atoms with Crippen molar-refractivity contribution in [3.8, 4) is 0 Å². The van der Waals surface area contributed by atoms with Gasteiger partial charge in [-0.3, -0.25) is 0 Å². The van der Waals surface area contributed by atoms with Crippen LogP contribution in [0.3, 0.4) is 0 Å². The van der Waals surface area contributed by atoms with Gasteiger partial charge in [0, 0.05) is 11.6 Å². The lowest BCUT2D eigenvalue weighted by Crippen LogP contribution is -2.39. The van der Waals surface area contributed by atoms with Crippen LogP contribution in [0, 0.1) is 11.6 Å². The van der Waals surface area contributed by atoms with E-state index in [9.17, 15) is 13.6 Å². The van der Waals surface area contributed by atoms with Gasteiger partial charge in [0.15, 0.2) is 11.6 Å². The van der Waals surface area contributed by atoms with E-state index in [4.69, 9.17) is 0 Å². The molecule has 7 heteroatoms. The zero-order chi connectivity index (χ0) is 16.1. The molecule has 2 rings (SSSR count). The molecule has 0 saturated carbocycles. The highest BCUT2D eigenvalue weighted by Crippen LogP contribution is 2.19. The Morgan fingerprint density at radius 2 is 2.09 bits per heavy atom. The molecule has 1 aromatic carbocycles. The van der Waals surface area contributed by atoms with Gasteiger partial charge in [-0.05, 0) is 31.0 Å². The van der Waals surface area contributed by atoms with E-state index in [1.54, 1.807) is 13.1 Å². The smallest absolute Gasteiger partial charge is 0.315 e. The molecule has 1 aromatic heterocycles. The first-order valence-electron chi connectivity index (χ1n) is 6.92. The highest BCUT2D eigenvalue weighted by Gasteiger charge is 2.17. The van der Waals surface area contributed by atoms with E-state index in [0.29, 0.717) is 12.0 Å². The van der Waals surface area contributed by atoms with E-state index in [-0.39, 0.29) is 12.1 Å². The van der Waals surface area contributed by atoms with Crippen molar-refractivity contribution in [1.29, 1.82) is 0 Å². The number of hydrogen-bond acceptors (Lipinski definition) is 3. The van der Waals surface area contributed by atoms with Gasteiger partial charge >= 0.3 is 6.03 Å². The lowest BCUT2D eigenvalue weighted by molar-refractivity contribution is 0.233. The molecule has 2 atom stereocenters. The van der Waals surface area contributed by atoms with Gasteiger partial charge in [-0.2, -0.15) is 0 Å². The number of aromatic nitrogens is 1. The van der Waals surface area contributed by atoms with Gasteiger partial charge in [0.25, 0.3) is 0 Å². The number of nitrogens with zero attached hydrogens (tertiary/aromatic N) is 1. The fourth-order valence-corrected chi connectivity index (χ4v) is 2.78. The van der Waals surface area contributed by atoms with Crippen LogP contribution in [-0.2, 0) is 0 Å². The first kappa shape index (κ1) is 16.4. The van der Waals surface area contributed by atoms with Crippen LogP contribution < -0.4 is 10.6 Å². The highest BCUT2D eigenvalue weighted by molar-refractivity contribution is 7.09. The van der Waals surface area contributed by atoms with Crippen LogP contribution in [0.1, 0.15) is 42.9 Å². The van der Waals surface area contributed by atoms with E-state index < -0.39 is 17.7 Å². The Hall–Kier alpha value is -2.02. The van der Waals surface area contributed by atoms with Crippen molar-refractivity contribution in [3.63, 3.8) is 0 Å². The Balaban J connectivity index is 1.97. The summed E-state index contributed by atoms with van der Waals surface area (Å²) in [5.41, 5.74) is 0.497. The molecule has 0 aliphatic rings. The van der Waals surface area contributed by atoms with Gasteiger partial charge in [-0.15, -0.1) is 11.3 Å². The van der Waals surface area contributed by atoms with Gasteiger partial charge in [0.05, 0.1) is 12.1 Å². The van der Waals surface area contributed by atoms with Gasteiger partial charge in [-0.1, -0.05) is 13.0 Å². The molecular formula is C15H17F2N3OS. The number of hydrogen-bond donors (Lipinski definition) is 2. The number of halogens is 2. The predicted molar refractivity (Wildman–Crippen MR) is 81.6 cm³/mol. The molecule has 0 bridgehead atoms. The summed E-state index contributed by atoms with van der Waals surface area (Å²) in [5, 5.41) is 8.21. The molecule has 0 radical (unpaired) electrons. The third kappa shape index (κ3) is 4.00. The number of rotatable bonds is 5. The third-order valence-corrected chi connectivity index (χ3v) is 4.14. The molecule has 0 fully saturated rings. The number of urea groups is 1. The Kier molecular flexibility index (Phi) is 5.43. The SMILES string of the molecule is CCC(NC(=O)NC(C)c1ccc(F)c(F)c1)c1nccs1. The lowest BCUT2D eigenvalue weighted by atomic mass is 10.1. The standard InChI is InChI=1S/C15H17F2N3OS/c1-3-13(14-18-6-7-22-14)20-15(21)19-9(2)10-4-5-11(16)12(17)8-10/h4-9,13H,3H2,1-2H3,(H2,19,20,21). The van der Waals surface area contributed by atoms with Crippen molar-refractivity contribution >= 4 is 17.4 Å². The van der Waals surface area contributed by atoms with Crippen LogP contribution in [-0.4, -0.2) is 11.0 Å². The van der Waals surface area contributed by atoms with E-state index in [1.165, 1.54) is 17.4 Å². The molecule has 0 aliphatic carbocycles. The van der Waals surface area contributed by atoms with Crippen LogP contribution >= 0.6 is 11.3 Å². The van der Waals surface area contributed by atoms with Gasteiger partial charge in [-0.25, -0.2) is 18.6 Å². The summed E-state index contributed by atoms with van der Waals surface area (Å²) in [6.07, 6.45) is 2.40. The zero-order valence-electron chi connectivity index (χ0n) is 12.3. The van der Waals surface area contributed by atoms with Gasteiger partial charge in [0.1, 0.15) is 5.01 Å². The first-order valence-corrected chi connectivity index (χ1v) is 7.80. The Labute approximate surface area is 131 Å². The average Bonchev–Trinajstić information content (AvgIpc) is 3.01. The molecule has 2 aromatic rings. The topological polar surface area (TPSA) is 54.0 Å². The Morgan fingerprint density at radius 1 is 1.32 bits per heavy atom. The minimum atomic E-state index is -0.930. The Bertz CT molecular complexity index is 634. The second-order valence-corrected chi connectivity index (χ2v) is 5.77. The number of benzene rings is 1. The molecule has 0 aliphatic heterocycles. The maximum absolute atomic E-state index is 13.2. The fraction of sp³-hybridized carbons (Fsp3) is 0.333. The first-order chi connectivity index (χ1) is 10.5. The summed E-state index contributed by atoms with van der Waals surface area (Å²) >= 11 is 1.47. The summed E-state index contributed by atoms with van der Waals surface area (Å²) in [7, 11) is 0. The van der Waals surface area contributed by atoms with Crippen LogP contribution in [0.2, 0.25) is 0 Å². The van der Waals surface area contributed by atoms with Crippen molar-refractivity contribution in [1.82, 2.24) is 15.6 Å². The Morgan fingerprint density at radius 3 is 2.68 bits per heavy atom. The van der Waals surface area contributed by atoms with Crippen LogP contribution in [0.4, 0.5) is 13.6 Å². The van der Waals surface area contributed by atoms with Gasteiger partial charge < -0.3 is 10.6 Å². The molecular weight excluding hydrogens is 308 g/mol. The molecule has 2 amide bonds. The molecule has 22 heavy (non-hydrogen) atoms. The minimum Gasteiger partial charge on any atom is -0.332 e. The van der Waals surface area contributed by atoms with E-state index >= 15 is 0 Å². The molecule has 2 unspecified atom stereocenters. The number of carbonyl (C=O) groups excluding carboxylic acids is 1. The van der Waals surface area contributed by atoms with E-state index in [2.05, 4.69) is 15.6 Å². The molecule has 1 heterocycles. The predicted octanol–water partition coefficient (Wildman–Crippen LogP) is 3.93. The van der Waals surface area contributed by atoms with Crippen molar-refractivity contribution in [2.75, 3.05) is 0 Å². The summed E-state index contributed by atoms with van der Waals surface area (Å²) in [4.78, 5) is 16.2. The number of amides is 2. The average molecular weight is 325 g/mol. The van der Waals surface area contributed by atoms with E-state index in [0.717, 1.165) is 17.1 Å². The van der Waals surface area contributed by atoms with Crippen LogP contribution in [0.25, 0.3) is 0 Å². The van der Waals surface area contributed by atoms with Crippen molar-refractivity contribution in [2.45, 2.75) is 32.4 Å². The minimum absolute atomic E-state index is 0.169. The van der Waals surface area contributed by atoms with E-state index in [1.807, 2.05) is 12.3 Å². The third-order valence-electron chi connectivity index (χ3n) is 3.25. The van der Waals surface area contributed by atoms with Crippen molar-refractivity contribution in [2.24, 2.45) is 0 Å². The van der Waals surface area contributed by atoms with Crippen LogP contribution in [0.15, 0.2) is 29.8 Å². The summed E-state index contributed by atoms with van der Waals surface area (Å²) in [6, 6.07) is 2.59. The molecule has 118 valence electrons. The molecule has 0 spiro atoms. The number of nitrogens with one attached hydrogen (secondary N) is 2. The summed E-state index contributed by atoms with van der Waals surface area (Å²) in [6.45, 7) is 3.65. The quantitative estimate of drug-likeness (QED) is 0.875. The maximum Gasteiger partial charge on any atom is 0.315 e. The molecule has 2 N–H and O–H groups in total. The van der Waals surface area contributed by atoms with Crippen molar-refractivity contribution in [3.05, 3.63) is 52.0 Å². The molecule has 0 saturated heterocycles. The zero-order valence-corrected chi connectivity index (χ0v) is 13.1. The molecule has 4 nitrogen and oxygen atoms in total. The number of thiazole rings is 1. The maximum atomic E-state index is 13.2. The number of carbonyl (C=O) groups is 1. The second-order valence-electron chi connectivity index (χ2n) is 4.84. The van der Waals surface area contributed by atoms with Gasteiger partial charge in [0.2, 0.25) is 0 Å². The van der Waals surface area contributed by atoms with Crippen LogP contribution in [0.5, 0.6) is 0 Å². The second kappa shape index (κ2) is 7.31. The summed E-state index contributed by atoms with van der Waals surface area (Å²) < 4.78 is 26.1. The largest absolute Gasteiger partial charge is 0.332 e. The van der Waals surface area contributed by atoms with Crippen molar-refractivity contribution < 1.29 is 13.6 Å². The lowest BCUT2D eigenvalue weighted by Gasteiger charge is -2.19.